The van der Waals surface area contributed by atoms with Crippen molar-refractivity contribution in [2.24, 2.45) is 0 Å². The number of ether oxygens (including phenoxy) is 1. The van der Waals surface area contributed by atoms with Crippen LogP contribution in [0.5, 0.6) is 0 Å². The predicted molar refractivity (Wildman–Crippen MR) is 75.0 cm³/mol. The topological polar surface area (TPSA) is 41.6 Å². The molecule has 1 atom stereocenters. The molecule has 0 aliphatic carbocycles. The maximum atomic E-state index is 14.1. The highest BCUT2D eigenvalue weighted by Gasteiger charge is 2.31. The Kier molecular flexibility index (Phi) is 5.09. The molecule has 1 aliphatic heterocycles. The van der Waals surface area contributed by atoms with E-state index in [0.717, 1.165) is 31.6 Å². The molecule has 4 nitrogen and oxygen atoms in total. The molecule has 0 spiro atoms. The molecule has 1 unspecified atom stereocenters. The van der Waals surface area contributed by atoms with Gasteiger partial charge in [-0.25, -0.2) is 9.18 Å². The first kappa shape index (κ1) is 14.9. The summed E-state index contributed by atoms with van der Waals surface area (Å²) in [7, 11) is 1.35. The molecule has 0 saturated carbocycles. The van der Waals surface area contributed by atoms with Gasteiger partial charge in [0, 0.05) is 25.2 Å². The number of hydrogen-bond donors (Lipinski definition) is 1. The lowest BCUT2D eigenvalue weighted by molar-refractivity contribution is -0.147. The monoisotopic (exact) mass is 280 g/mol. The van der Waals surface area contributed by atoms with Crippen LogP contribution in [0.25, 0.3) is 0 Å². The second-order valence-electron chi connectivity index (χ2n) is 5.09. The highest BCUT2D eigenvalue weighted by molar-refractivity contribution is 5.77. The van der Waals surface area contributed by atoms with E-state index >= 15 is 0 Å². The van der Waals surface area contributed by atoms with Crippen LogP contribution in [-0.4, -0.2) is 44.2 Å². The molecule has 0 aromatic heterocycles. The fourth-order valence-electron chi connectivity index (χ4n) is 2.58. The maximum absolute atomic E-state index is 14.1. The van der Waals surface area contributed by atoms with Gasteiger partial charge < -0.3 is 10.1 Å². The van der Waals surface area contributed by atoms with E-state index in [-0.39, 0.29) is 5.82 Å². The average Bonchev–Trinajstić information content (AvgIpc) is 2.72. The molecule has 20 heavy (non-hydrogen) atoms. The van der Waals surface area contributed by atoms with Crippen molar-refractivity contribution in [2.75, 3.05) is 33.3 Å². The largest absolute Gasteiger partial charge is 0.468 e. The number of rotatable bonds is 3. The number of hydrogen-bond acceptors (Lipinski definition) is 4. The van der Waals surface area contributed by atoms with Crippen molar-refractivity contribution >= 4 is 5.97 Å². The summed E-state index contributed by atoms with van der Waals surface area (Å²) in [6.07, 6.45) is 0.931. The summed E-state index contributed by atoms with van der Waals surface area (Å²) >= 11 is 0. The summed E-state index contributed by atoms with van der Waals surface area (Å²) in [6.45, 7) is 5.05. The van der Waals surface area contributed by atoms with Gasteiger partial charge in [0.15, 0.2) is 0 Å². The van der Waals surface area contributed by atoms with Crippen LogP contribution in [0.15, 0.2) is 18.2 Å². The van der Waals surface area contributed by atoms with Crippen LogP contribution in [0.2, 0.25) is 0 Å². The highest BCUT2D eigenvalue weighted by Crippen LogP contribution is 2.26. The Morgan fingerprint density at radius 2 is 2.20 bits per heavy atom. The average molecular weight is 280 g/mol. The molecule has 0 bridgehead atoms. The molecule has 1 heterocycles. The van der Waals surface area contributed by atoms with Gasteiger partial charge in [-0.3, -0.25) is 4.90 Å². The van der Waals surface area contributed by atoms with Crippen molar-refractivity contribution < 1.29 is 13.9 Å². The zero-order valence-corrected chi connectivity index (χ0v) is 12.0. The summed E-state index contributed by atoms with van der Waals surface area (Å²) < 4.78 is 19.0. The number of methoxy groups -OCH3 is 1. The van der Waals surface area contributed by atoms with Gasteiger partial charge in [0.05, 0.1) is 7.11 Å². The molecule has 110 valence electrons. The number of esters is 1. The highest BCUT2D eigenvalue weighted by atomic mass is 19.1. The van der Waals surface area contributed by atoms with Crippen molar-refractivity contribution in [3.63, 3.8) is 0 Å². The minimum Gasteiger partial charge on any atom is -0.468 e. The van der Waals surface area contributed by atoms with Crippen LogP contribution in [0.4, 0.5) is 4.39 Å². The van der Waals surface area contributed by atoms with Gasteiger partial charge in [-0.05, 0) is 26.0 Å². The zero-order chi connectivity index (χ0) is 14.5. The Labute approximate surface area is 118 Å². The van der Waals surface area contributed by atoms with E-state index in [1.54, 1.807) is 12.1 Å². The third kappa shape index (κ3) is 3.35. The minimum absolute atomic E-state index is 0.358. The van der Waals surface area contributed by atoms with E-state index in [9.17, 15) is 9.18 Å². The quantitative estimate of drug-likeness (QED) is 0.855. The SMILES string of the molecule is COC(=O)C(c1cc(C)ccc1F)N1CCCNCC1. The van der Waals surface area contributed by atoms with Gasteiger partial charge in [-0.15, -0.1) is 0 Å². The maximum Gasteiger partial charge on any atom is 0.327 e. The van der Waals surface area contributed by atoms with Crippen LogP contribution in [0.3, 0.4) is 0 Å². The molecule has 2 rings (SSSR count). The van der Waals surface area contributed by atoms with Crippen molar-refractivity contribution in [1.29, 1.82) is 0 Å². The zero-order valence-electron chi connectivity index (χ0n) is 12.0. The number of nitrogens with one attached hydrogen (secondary N) is 1. The molecule has 5 heteroatoms. The van der Waals surface area contributed by atoms with Crippen molar-refractivity contribution in [1.82, 2.24) is 10.2 Å². The molecule has 1 fully saturated rings. The third-order valence-electron chi connectivity index (χ3n) is 3.61. The third-order valence-corrected chi connectivity index (χ3v) is 3.61. The smallest absolute Gasteiger partial charge is 0.327 e. The Hall–Kier alpha value is -1.46. The fraction of sp³-hybridized carbons (Fsp3) is 0.533. The standard InChI is InChI=1S/C15H21FN2O2/c1-11-4-5-13(16)12(10-11)14(15(19)20-2)18-8-3-6-17-7-9-18/h4-5,10,14,17H,3,6-9H2,1-2H3. The van der Waals surface area contributed by atoms with Crippen LogP contribution in [0.1, 0.15) is 23.6 Å². The lowest BCUT2D eigenvalue weighted by atomic mass is 10.0. The summed E-state index contributed by atoms with van der Waals surface area (Å²) in [5, 5.41) is 3.28. The second kappa shape index (κ2) is 6.81. The van der Waals surface area contributed by atoms with E-state index in [2.05, 4.69) is 5.32 Å². The molecule has 1 N–H and O–H groups in total. The van der Waals surface area contributed by atoms with Crippen molar-refractivity contribution in [3.05, 3.63) is 35.1 Å². The van der Waals surface area contributed by atoms with E-state index in [1.165, 1.54) is 13.2 Å². The van der Waals surface area contributed by atoms with E-state index in [1.807, 2.05) is 11.8 Å². The van der Waals surface area contributed by atoms with Crippen LogP contribution in [-0.2, 0) is 9.53 Å². The Balaban J connectivity index is 2.35. The molecule has 1 aromatic rings. The van der Waals surface area contributed by atoms with Gasteiger partial charge in [-0.2, -0.15) is 0 Å². The summed E-state index contributed by atoms with van der Waals surface area (Å²) in [5.41, 5.74) is 1.34. The predicted octanol–water partition coefficient (Wildman–Crippen LogP) is 1.64. The van der Waals surface area contributed by atoms with Crippen molar-refractivity contribution in [3.8, 4) is 0 Å². The number of carbonyl (C=O) groups is 1. The molecular formula is C15H21FN2O2. The molecule has 0 amide bonds. The Morgan fingerprint density at radius 3 is 2.95 bits per heavy atom. The fourth-order valence-corrected chi connectivity index (χ4v) is 2.58. The van der Waals surface area contributed by atoms with Gasteiger partial charge in [0.1, 0.15) is 11.9 Å². The van der Waals surface area contributed by atoms with Gasteiger partial charge in [0.25, 0.3) is 0 Å². The van der Waals surface area contributed by atoms with E-state index < -0.39 is 12.0 Å². The first-order chi connectivity index (χ1) is 9.63. The lowest BCUT2D eigenvalue weighted by Crippen LogP contribution is -2.37. The Morgan fingerprint density at radius 1 is 1.40 bits per heavy atom. The summed E-state index contributed by atoms with van der Waals surface area (Å²) in [6, 6.07) is 4.18. The normalized spacial score (nSPS) is 18.4. The Bertz CT molecular complexity index is 471. The number of nitrogens with zero attached hydrogens (tertiary/aromatic N) is 1. The van der Waals surface area contributed by atoms with Crippen LogP contribution >= 0.6 is 0 Å². The van der Waals surface area contributed by atoms with Crippen molar-refractivity contribution in [2.45, 2.75) is 19.4 Å². The lowest BCUT2D eigenvalue weighted by Gasteiger charge is -2.29. The molecule has 1 aromatic carbocycles. The van der Waals surface area contributed by atoms with Gasteiger partial charge in [0.2, 0.25) is 0 Å². The first-order valence-corrected chi connectivity index (χ1v) is 6.92. The molecule has 1 saturated heterocycles. The van der Waals surface area contributed by atoms with E-state index in [0.29, 0.717) is 12.1 Å². The van der Waals surface area contributed by atoms with Gasteiger partial charge >= 0.3 is 5.97 Å². The first-order valence-electron chi connectivity index (χ1n) is 6.92. The number of halogens is 1. The second-order valence-corrected chi connectivity index (χ2v) is 5.09. The summed E-state index contributed by atoms with van der Waals surface area (Å²) in [4.78, 5) is 14.1. The van der Waals surface area contributed by atoms with Gasteiger partial charge in [-0.1, -0.05) is 17.7 Å². The number of aryl methyl sites for hydroxylation is 1. The van der Waals surface area contributed by atoms with Crippen LogP contribution in [0, 0.1) is 12.7 Å². The molecule has 1 aliphatic rings. The molecule has 0 radical (unpaired) electrons. The summed E-state index contributed by atoms with van der Waals surface area (Å²) in [5.74, 6) is -0.764. The minimum atomic E-state index is -0.667. The molecular weight excluding hydrogens is 259 g/mol. The number of benzene rings is 1. The van der Waals surface area contributed by atoms with Crippen LogP contribution < -0.4 is 5.32 Å². The van der Waals surface area contributed by atoms with E-state index in [4.69, 9.17) is 4.74 Å². The number of carbonyl (C=O) groups excluding carboxylic acids is 1.